The van der Waals surface area contributed by atoms with Gasteiger partial charge in [0.15, 0.2) is 0 Å². The Morgan fingerprint density at radius 2 is 0.855 bits per heavy atom. The lowest BCUT2D eigenvalue weighted by atomic mass is 9.60. The van der Waals surface area contributed by atoms with Crippen molar-refractivity contribution in [2.45, 2.75) is 24.2 Å². The van der Waals surface area contributed by atoms with Gasteiger partial charge < -0.3 is 4.90 Å². The van der Waals surface area contributed by atoms with Gasteiger partial charge in [0.1, 0.15) is 0 Å². The SMILES string of the molecule is CCc1ccc2cccc3c2c1C1(c2ccccc2-c2ccc(N(c4ccccc4-c4ccccc4)c4cccc5c4-c4ccccc4C5(c4ccccc4)c4ccccc4)cc21)c1ccccc1-3. The molecule has 0 radical (unpaired) electrons. The van der Waals surface area contributed by atoms with E-state index in [0.717, 1.165) is 23.5 Å². The normalized spacial score (nSPS) is 15.3. The number of benzene rings is 11. The first-order valence-electron chi connectivity index (χ1n) is 24.4. The molecule has 3 aliphatic rings. The Balaban J connectivity index is 1.12. The molecule has 0 amide bonds. The minimum absolute atomic E-state index is 0.548. The van der Waals surface area contributed by atoms with Gasteiger partial charge in [-0.3, -0.25) is 0 Å². The quantitative estimate of drug-likeness (QED) is 0.154. The second-order valence-corrected chi connectivity index (χ2v) is 18.9. The van der Waals surface area contributed by atoms with Crippen LogP contribution in [-0.4, -0.2) is 0 Å². The third-order valence-electron chi connectivity index (χ3n) is 15.7. The van der Waals surface area contributed by atoms with E-state index in [2.05, 4.69) is 267 Å². The van der Waals surface area contributed by atoms with Crippen LogP contribution in [0.2, 0.25) is 0 Å². The highest BCUT2D eigenvalue weighted by atomic mass is 15.1. The molecular weight excluding hydrogens is 831 g/mol. The maximum atomic E-state index is 2.59. The van der Waals surface area contributed by atoms with E-state index in [9.17, 15) is 0 Å². The number of fused-ring (bicyclic) bond motifs is 12. The van der Waals surface area contributed by atoms with Gasteiger partial charge in [0.25, 0.3) is 0 Å². The topological polar surface area (TPSA) is 3.24 Å². The van der Waals surface area contributed by atoms with E-state index >= 15 is 0 Å². The molecule has 324 valence electrons. The lowest BCUT2D eigenvalue weighted by molar-refractivity contribution is 0.759. The molecule has 0 aliphatic heterocycles. The fourth-order valence-corrected chi connectivity index (χ4v) is 13.1. The second kappa shape index (κ2) is 15.3. The monoisotopic (exact) mass is 877 g/mol. The Labute approximate surface area is 404 Å². The molecule has 1 nitrogen and oxygen atoms in total. The summed E-state index contributed by atoms with van der Waals surface area (Å²) in [4.78, 5) is 2.59. The van der Waals surface area contributed by atoms with Gasteiger partial charge >= 0.3 is 0 Å². The first-order valence-corrected chi connectivity index (χ1v) is 24.4. The third-order valence-corrected chi connectivity index (χ3v) is 15.7. The largest absolute Gasteiger partial charge is 0.309 e. The van der Waals surface area contributed by atoms with Crippen molar-refractivity contribution in [1.29, 1.82) is 0 Å². The zero-order chi connectivity index (χ0) is 45.7. The molecule has 0 fully saturated rings. The van der Waals surface area contributed by atoms with Crippen molar-refractivity contribution in [1.82, 2.24) is 0 Å². The highest BCUT2D eigenvalue weighted by Gasteiger charge is 2.52. The van der Waals surface area contributed by atoms with Crippen LogP contribution in [0.15, 0.2) is 255 Å². The Hall–Kier alpha value is -8.52. The summed E-state index contributed by atoms with van der Waals surface area (Å²) < 4.78 is 0. The molecule has 1 heteroatoms. The third kappa shape index (κ3) is 5.36. The lowest BCUT2D eigenvalue weighted by Crippen LogP contribution is -2.33. The Bertz CT molecular complexity index is 3790. The first kappa shape index (κ1) is 39.6. The van der Waals surface area contributed by atoms with Crippen molar-refractivity contribution in [3.63, 3.8) is 0 Å². The fourth-order valence-electron chi connectivity index (χ4n) is 13.1. The van der Waals surface area contributed by atoms with Crippen LogP contribution in [0.4, 0.5) is 17.1 Å². The summed E-state index contributed by atoms with van der Waals surface area (Å²) in [6, 6.07) is 95.9. The van der Waals surface area contributed by atoms with Crippen LogP contribution >= 0.6 is 0 Å². The molecular formula is C68H47N. The van der Waals surface area contributed by atoms with Gasteiger partial charge in [-0.05, 0) is 125 Å². The minimum Gasteiger partial charge on any atom is -0.309 e. The second-order valence-electron chi connectivity index (χ2n) is 18.9. The smallest absolute Gasteiger partial charge is 0.0729 e. The number of aryl methyl sites for hydroxylation is 1. The number of hydrogen-bond acceptors (Lipinski definition) is 1. The van der Waals surface area contributed by atoms with Crippen molar-refractivity contribution in [2.24, 2.45) is 0 Å². The van der Waals surface area contributed by atoms with Crippen LogP contribution in [0.25, 0.3) is 55.3 Å². The molecule has 0 aromatic heterocycles. The predicted molar refractivity (Wildman–Crippen MR) is 287 cm³/mol. The molecule has 0 saturated carbocycles. The number of anilines is 3. The summed E-state index contributed by atoms with van der Waals surface area (Å²) in [5, 5.41) is 2.65. The summed E-state index contributed by atoms with van der Waals surface area (Å²) >= 11 is 0. The van der Waals surface area contributed by atoms with Crippen molar-refractivity contribution in [3.8, 4) is 44.5 Å². The van der Waals surface area contributed by atoms with Crippen LogP contribution in [0, 0.1) is 0 Å². The average Bonchev–Trinajstić information content (AvgIpc) is 3.89. The number of hydrogen-bond donors (Lipinski definition) is 0. The van der Waals surface area contributed by atoms with E-state index in [4.69, 9.17) is 0 Å². The van der Waals surface area contributed by atoms with Crippen LogP contribution in [-0.2, 0) is 17.3 Å². The zero-order valence-corrected chi connectivity index (χ0v) is 38.4. The van der Waals surface area contributed by atoms with Gasteiger partial charge in [-0.25, -0.2) is 0 Å². The van der Waals surface area contributed by atoms with E-state index < -0.39 is 10.8 Å². The highest BCUT2D eigenvalue weighted by Crippen LogP contribution is 2.64. The van der Waals surface area contributed by atoms with E-state index in [1.807, 2.05) is 0 Å². The Kier molecular flexibility index (Phi) is 8.76. The molecule has 3 aliphatic carbocycles. The van der Waals surface area contributed by atoms with Crippen molar-refractivity contribution >= 4 is 27.8 Å². The molecule has 1 atom stereocenters. The van der Waals surface area contributed by atoms with Gasteiger partial charge in [-0.1, -0.05) is 237 Å². The maximum Gasteiger partial charge on any atom is 0.0729 e. The number of nitrogens with zero attached hydrogens (tertiary/aromatic N) is 1. The average molecular weight is 878 g/mol. The number of para-hydroxylation sites is 1. The number of rotatable bonds is 7. The minimum atomic E-state index is -0.566. The van der Waals surface area contributed by atoms with E-state index in [1.165, 1.54) is 105 Å². The van der Waals surface area contributed by atoms with E-state index in [1.54, 1.807) is 0 Å². The van der Waals surface area contributed by atoms with Crippen LogP contribution in [0.3, 0.4) is 0 Å². The summed E-state index contributed by atoms with van der Waals surface area (Å²) in [6.45, 7) is 2.33. The standard InChI is InChI=1S/C68H47N/c1-2-45-40-41-47-24-20-33-55-53-31-13-17-35-58(53)68(66(45)64(47)55)57-34-16-12-30-52(57)54-43-42-50(44-61(54)68)69(62-38-19-15-29-51(62)46-22-6-3-7-23-46)63-39-21-37-60-65(63)56-32-14-18-36-59(56)67(60,48-25-8-4-9-26-48)49-27-10-5-11-28-49/h3-44H,2H2,1H3. The summed E-state index contributed by atoms with van der Waals surface area (Å²) in [5.74, 6) is 0. The van der Waals surface area contributed by atoms with Crippen LogP contribution in [0.1, 0.15) is 57.0 Å². The molecule has 11 aromatic carbocycles. The molecule has 11 aromatic rings. The summed E-state index contributed by atoms with van der Waals surface area (Å²) in [7, 11) is 0. The van der Waals surface area contributed by atoms with Gasteiger partial charge in [-0.15, -0.1) is 0 Å². The van der Waals surface area contributed by atoms with Gasteiger partial charge in [0.05, 0.1) is 22.2 Å². The van der Waals surface area contributed by atoms with Crippen molar-refractivity contribution in [3.05, 3.63) is 305 Å². The molecule has 1 spiro atoms. The molecule has 69 heavy (non-hydrogen) atoms. The maximum absolute atomic E-state index is 2.59. The highest BCUT2D eigenvalue weighted by molar-refractivity contribution is 6.08. The van der Waals surface area contributed by atoms with Crippen molar-refractivity contribution in [2.75, 3.05) is 4.90 Å². The Morgan fingerprint density at radius 3 is 1.54 bits per heavy atom. The van der Waals surface area contributed by atoms with Crippen LogP contribution in [0.5, 0.6) is 0 Å². The molecule has 0 heterocycles. The van der Waals surface area contributed by atoms with Crippen LogP contribution < -0.4 is 4.90 Å². The van der Waals surface area contributed by atoms with Gasteiger partial charge in [0.2, 0.25) is 0 Å². The first-order chi connectivity index (χ1) is 34.2. The van der Waals surface area contributed by atoms with E-state index in [-0.39, 0.29) is 0 Å². The van der Waals surface area contributed by atoms with Crippen molar-refractivity contribution < 1.29 is 0 Å². The molecule has 1 unspecified atom stereocenters. The van der Waals surface area contributed by atoms with Gasteiger partial charge in [0, 0.05) is 16.8 Å². The lowest BCUT2D eigenvalue weighted by Gasteiger charge is -2.41. The Morgan fingerprint density at radius 1 is 0.348 bits per heavy atom. The summed E-state index contributed by atoms with van der Waals surface area (Å²) in [6.07, 6.45) is 0.928. The molecule has 14 rings (SSSR count). The summed E-state index contributed by atoms with van der Waals surface area (Å²) in [5.41, 5.74) is 24.2. The zero-order valence-electron chi connectivity index (χ0n) is 38.4. The predicted octanol–water partition coefficient (Wildman–Crippen LogP) is 17.2. The molecule has 0 bridgehead atoms. The molecule has 0 N–H and O–H groups in total. The fraction of sp³-hybridized carbons (Fsp3) is 0.0588. The molecule has 0 saturated heterocycles. The van der Waals surface area contributed by atoms with E-state index in [0.29, 0.717) is 0 Å². The van der Waals surface area contributed by atoms with Gasteiger partial charge in [-0.2, -0.15) is 0 Å².